The average Bonchev–Trinajstić information content (AvgIpc) is 3.20. The van der Waals surface area contributed by atoms with E-state index in [2.05, 4.69) is 15.3 Å². The Labute approximate surface area is 200 Å². The van der Waals surface area contributed by atoms with Gasteiger partial charge in [-0.25, -0.2) is 14.8 Å². The van der Waals surface area contributed by atoms with Gasteiger partial charge >= 0.3 is 5.97 Å². The molecule has 0 bridgehead atoms. The lowest BCUT2D eigenvalue weighted by atomic mass is 9.99. The zero-order chi connectivity index (χ0) is 24.9. The predicted octanol–water partition coefficient (Wildman–Crippen LogP) is 5.30. The molecule has 2 aromatic carbocycles. The first-order chi connectivity index (χ1) is 16.7. The Bertz CT molecular complexity index is 1680. The molecule has 35 heavy (non-hydrogen) atoms. The van der Waals surface area contributed by atoms with Gasteiger partial charge in [0.1, 0.15) is 11.3 Å². The van der Waals surface area contributed by atoms with Gasteiger partial charge in [0.25, 0.3) is 0 Å². The van der Waals surface area contributed by atoms with Crippen LogP contribution in [-0.2, 0) is 0 Å². The number of aryl methyl sites for hydroxylation is 2. The summed E-state index contributed by atoms with van der Waals surface area (Å²) in [5.41, 5.74) is 5.17. The molecule has 0 aliphatic carbocycles. The molecule has 0 saturated heterocycles. The van der Waals surface area contributed by atoms with Crippen molar-refractivity contribution in [3.8, 4) is 11.5 Å². The molecule has 0 spiro atoms. The summed E-state index contributed by atoms with van der Waals surface area (Å²) in [4.78, 5) is 34.0. The summed E-state index contributed by atoms with van der Waals surface area (Å²) < 4.78 is 8.24. The summed E-state index contributed by atoms with van der Waals surface area (Å²) in [5, 5.41) is 13.3. The van der Waals surface area contributed by atoms with Crippen LogP contribution in [0.5, 0.6) is 0 Å². The molecule has 8 heteroatoms. The zero-order valence-electron chi connectivity index (χ0n) is 19.8. The van der Waals surface area contributed by atoms with Gasteiger partial charge in [0.2, 0.25) is 0 Å². The fourth-order valence-corrected chi connectivity index (χ4v) is 4.38. The molecule has 5 aromatic rings. The van der Waals surface area contributed by atoms with Crippen LogP contribution in [-0.4, -0.2) is 25.4 Å². The van der Waals surface area contributed by atoms with Crippen LogP contribution in [0.3, 0.4) is 0 Å². The number of benzene rings is 2. The Morgan fingerprint density at radius 3 is 2.69 bits per heavy atom. The van der Waals surface area contributed by atoms with Gasteiger partial charge in [-0.1, -0.05) is 18.2 Å². The molecule has 0 radical (unpaired) electrons. The van der Waals surface area contributed by atoms with Crippen molar-refractivity contribution in [2.45, 2.75) is 33.7 Å². The Morgan fingerprint density at radius 1 is 1.14 bits per heavy atom. The summed E-state index contributed by atoms with van der Waals surface area (Å²) >= 11 is 0. The number of rotatable bonds is 5. The van der Waals surface area contributed by atoms with Crippen LogP contribution >= 0.6 is 0 Å². The molecule has 1 unspecified atom stereocenters. The molecule has 0 aliphatic rings. The average molecular weight is 469 g/mol. The number of aromatic nitrogens is 3. The van der Waals surface area contributed by atoms with E-state index in [-0.39, 0.29) is 17.0 Å². The quantitative estimate of drug-likeness (QED) is 0.360. The number of hydrogen-bond acceptors (Lipinski definition) is 6. The third-order valence-corrected chi connectivity index (χ3v) is 6.08. The van der Waals surface area contributed by atoms with Crippen LogP contribution in [0.2, 0.25) is 0 Å². The zero-order valence-corrected chi connectivity index (χ0v) is 19.8. The van der Waals surface area contributed by atoms with E-state index in [1.165, 1.54) is 0 Å². The van der Waals surface area contributed by atoms with Crippen molar-refractivity contribution in [1.29, 1.82) is 0 Å². The van der Waals surface area contributed by atoms with Crippen LogP contribution in [0.4, 0.5) is 5.69 Å². The minimum Gasteiger partial charge on any atom is -0.478 e. The molecular formula is C27H24N4O4. The van der Waals surface area contributed by atoms with Crippen molar-refractivity contribution in [3.05, 3.63) is 93.2 Å². The van der Waals surface area contributed by atoms with E-state index >= 15 is 0 Å². The summed E-state index contributed by atoms with van der Waals surface area (Å²) in [6.07, 6.45) is 5.33. The number of fused-ring (bicyclic) bond motifs is 2. The van der Waals surface area contributed by atoms with Gasteiger partial charge in [0.05, 0.1) is 28.9 Å². The molecule has 2 N–H and O–H groups in total. The van der Waals surface area contributed by atoms with Crippen LogP contribution in [0, 0.1) is 20.8 Å². The van der Waals surface area contributed by atoms with E-state index in [1.807, 2.05) is 43.5 Å². The van der Waals surface area contributed by atoms with Crippen LogP contribution in [0.1, 0.15) is 45.7 Å². The molecule has 8 nitrogen and oxygen atoms in total. The highest BCUT2D eigenvalue weighted by atomic mass is 16.4. The maximum atomic E-state index is 13.4. The van der Waals surface area contributed by atoms with Gasteiger partial charge in [-0.2, -0.15) is 0 Å². The Balaban J connectivity index is 1.68. The molecule has 3 aromatic heterocycles. The lowest BCUT2D eigenvalue weighted by molar-refractivity contribution is 0.0698. The van der Waals surface area contributed by atoms with Gasteiger partial charge in [0.15, 0.2) is 16.8 Å². The number of nitrogens with one attached hydrogen (secondary N) is 1. The molecule has 3 heterocycles. The van der Waals surface area contributed by atoms with E-state index in [1.54, 1.807) is 43.6 Å². The second kappa shape index (κ2) is 8.39. The number of hydrogen-bond donors (Lipinski definition) is 2. The number of aromatic carboxylic acids is 1. The topological polar surface area (TPSA) is 110 Å². The van der Waals surface area contributed by atoms with Crippen molar-refractivity contribution in [3.63, 3.8) is 0 Å². The largest absolute Gasteiger partial charge is 0.478 e. The summed E-state index contributed by atoms with van der Waals surface area (Å²) in [5.74, 6) is -0.631. The van der Waals surface area contributed by atoms with Crippen LogP contribution < -0.4 is 10.7 Å². The number of carbonyl (C=O) groups is 1. The van der Waals surface area contributed by atoms with Crippen molar-refractivity contribution in [1.82, 2.24) is 14.4 Å². The number of nitrogens with zero attached hydrogens (tertiary/aromatic N) is 3. The van der Waals surface area contributed by atoms with Gasteiger partial charge < -0.3 is 19.2 Å². The molecule has 0 fully saturated rings. The fraction of sp³-hybridized carbons (Fsp3) is 0.185. The second-order valence-corrected chi connectivity index (χ2v) is 8.75. The normalized spacial score (nSPS) is 12.2. The molecule has 5 rings (SSSR count). The summed E-state index contributed by atoms with van der Waals surface area (Å²) in [7, 11) is 0. The third kappa shape index (κ3) is 3.93. The molecule has 0 aliphatic heterocycles. The minimum absolute atomic E-state index is 0.131. The number of imidazole rings is 1. The van der Waals surface area contributed by atoms with E-state index in [0.29, 0.717) is 39.3 Å². The summed E-state index contributed by atoms with van der Waals surface area (Å²) in [6.45, 7) is 7.46. The van der Waals surface area contributed by atoms with Crippen molar-refractivity contribution in [2.24, 2.45) is 0 Å². The Morgan fingerprint density at radius 2 is 1.91 bits per heavy atom. The molecule has 0 amide bonds. The van der Waals surface area contributed by atoms with E-state index in [0.717, 1.165) is 16.8 Å². The highest BCUT2D eigenvalue weighted by Gasteiger charge is 2.21. The minimum atomic E-state index is -1.02. The highest BCUT2D eigenvalue weighted by Crippen LogP contribution is 2.32. The summed E-state index contributed by atoms with van der Waals surface area (Å²) in [6, 6.07) is 10.1. The predicted molar refractivity (Wildman–Crippen MR) is 134 cm³/mol. The van der Waals surface area contributed by atoms with Crippen LogP contribution in [0.25, 0.3) is 28.1 Å². The lowest BCUT2D eigenvalue weighted by Gasteiger charge is -2.19. The Hall–Kier alpha value is -4.46. The first-order valence-corrected chi connectivity index (χ1v) is 11.2. The lowest BCUT2D eigenvalue weighted by Crippen LogP contribution is -2.14. The van der Waals surface area contributed by atoms with E-state index < -0.39 is 5.97 Å². The second-order valence-electron chi connectivity index (χ2n) is 8.75. The SMILES string of the molecule is Cc1cc(C(C)Nc2ccccc2C(=O)O)c2oc(-c3cn4cc(C)nc4cn3)c(C)c(=O)c2c1. The smallest absolute Gasteiger partial charge is 0.337 e. The van der Waals surface area contributed by atoms with Crippen molar-refractivity contribution in [2.75, 3.05) is 5.32 Å². The van der Waals surface area contributed by atoms with Gasteiger partial charge in [-0.15, -0.1) is 0 Å². The van der Waals surface area contributed by atoms with Gasteiger partial charge in [-0.05, 0) is 51.5 Å². The number of para-hydroxylation sites is 1. The molecular weight excluding hydrogens is 444 g/mol. The molecule has 0 saturated carbocycles. The fourth-order valence-electron chi connectivity index (χ4n) is 4.38. The maximum absolute atomic E-state index is 13.4. The first-order valence-electron chi connectivity index (χ1n) is 11.2. The third-order valence-electron chi connectivity index (χ3n) is 6.08. The Kier molecular flexibility index (Phi) is 5.36. The number of anilines is 1. The molecule has 1 atom stereocenters. The van der Waals surface area contributed by atoms with Crippen LogP contribution in [0.15, 0.2) is 64.2 Å². The number of carboxylic acid groups (broad SMARTS) is 1. The van der Waals surface area contributed by atoms with Crippen molar-refractivity contribution >= 4 is 28.3 Å². The number of carboxylic acids is 1. The van der Waals surface area contributed by atoms with Gasteiger partial charge in [-0.3, -0.25) is 4.79 Å². The standard InChI is InChI=1S/C27H24N4O4/c1-14-9-19(17(4)30-21-8-6-5-7-18(21)27(33)34)26-20(10-14)24(32)16(3)25(35-26)22-13-31-12-15(2)29-23(31)11-28-22/h5-13,17,30H,1-4H3,(H,33,34). The molecule has 176 valence electrons. The van der Waals surface area contributed by atoms with Crippen molar-refractivity contribution < 1.29 is 14.3 Å². The monoisotopic (exact) mass is 468 g/mol. The van der Waals surface area contributed by atoms with E-state index in [9.17, 15) is 14.7 Å². The highest BCUT2D eigenvalue weighted by molar-refractivity contribution is 5.94. The van der Waals surface area contributed by atoms with E-state index in [4.69, 9.17) is 4.42 Å². The first kappa shape index (κ1) is 22.3. The van der Waals surface area contributed by atoms with Gasteiger partial charge in [0, 0.05) is 29.2 Å². The maximum Gasteiger partial charge on any atom is 0.337 e.